The van der Waals surface area contributed by atoms with Crippen LogP contribution in [0.4, 0.5) is 5.95 Å². The maximum atomic E-state index is 14.1. The molecule has 12 nitrogen and oxygen atoms in total. The number of aryl methyl sites for hydroxylation is 1. The molecule has 3 aromatic heterocycles. The summed E-state index contributed by atoms with van der Waals surface area (Å²) in [5, 5.41) is 0.883. The summed E-state index contributed by atoms with van der Waals surface area (Å²) in [6, 6.07) is 7.49. The number of piperidine rings is 1. The topological polar surface area (TPSA) is 143 Å². The van der Waals surface area contributed by atoms with Crippen molar-refractivity contribution in [1.29, 1.82) is 0 Å². The third-order valence-corrected chi connectivity index (χ3v) is 7.04. The molecular weight excluding hydrogens is 524 g/mol. The number of nitrogens with zero attached hydrogens (tertiary/aromatic N) is 7. The summed E-state index contributed by atoms with van der Waals surface area (Å²) in [7, 11) is 0. The number of aromatic nitrogens is 6. The zero-order valence-corrected chi connectivity index (χ0v) is 23.8. The van der Waals surface area contributed by atoms with Gasteiger partial charge in [0.25, 0.3) is 5.56 Å². The Morgan fingerprint density at radius 3 is 2.66 bits per heavy atom. The van der Waals surface area contributed by atoms with Crippen molar-refractivity contribution in [1.82, 2.24) is 28.7 Å². The second kappa shape index (κ2) is 11.5. The summed E-state index contributed by atoms with van der Waals surface area (Å²) in [4.78, 5) is 56.7. The molecule has 0 bridgehead atoms. The number of hydrogen-bond donors (Lipinski definition) is 1. The number of fused-ring (bicyclic) bond motifs is 2. The minimum atomic E-state index is -0.703. The van der Waals surface area contributed by atoms with Crippen molar-refractivity contribution >= 4 is 34.0 Å². The number of ether oxygens (including phenoxy) is 1. The SMILES string of the molecule is CC#CCn1c(N2CCCC(N)C2)nc2c1c(=O)n(Cc1nc(C)c3ccccc3n1)c(=O)n2CC(=O)OC(C)C. The van der Waals surface area contributed by atoms with E-state index in [0.29, 0.717) is 30.4 Å². The van der Waals surface area contributed by atoms with Gasteiger partial charge in [-0.1, -0.05) is 24.1 Å². The Morgan fingerprint density at radius 2 is 1.93 bits per heavy atom. The number of benzene rings is 1. The van der Waals surface area contributed by atoms with Crippen LogP contribution in [0.2, 0.25) is 0 Å². The van der Waals surface area contributed by atoms with Gasteiger partial charge in [-0.05, 0) is 46.6 Å². The molecule has 214 valence electrons. The Balaban J connectivity index is 1.74. The average molecular weight is 559 g/mol. The molecule has 1 saturated heterocycles. The fourth-order valence-electron chi connectivity index (χ4n) is 5.24. The summed E-state index contributed by atoms with van der Waals surface area (Å²) < 4.78 is 9.30. The van der Waals surface area contributed by atoms with Crippen molar-refractivity contribution in [3.63, 3.8) is 0 Å². The van der Waals surface area contributed by atoms with E-state index in [4.69, 9.17) is 15.5 Å². The lowest BCUT2D eigenvalue weighted by atomic mass is 10.1. The molecule has 5 rings (SSSR count). The molecule has 1 atom stereocenters. The number of anilines is 1. The number of carbonyl (C=O) groups excluding carboxylic acids is 1. The Labute approximate surface area is 236 Å². The van der Waals surface area contributed by atoms with E-state index in [2.05, 4.69) is 21.8 Å². The van der Waals surface area contributed by atoms with Gasteiger partial charge in [0.2, 0.25) is 5.95 Å². The monoisotopic (exact) mass is 558 g/mol. The Bertz CT molecular complexity index is 1810. The number of carbonyl (C=O) groups is 1. The van der Waals surface area contributed by atoms with Crippen LogP contribution >= 0.6 is 0 Å². The minimum absolute atomic E-state index is 0.0533. The Hall–Kier alpha value is -4.50. The van der Waals surface area contributed by atoms with Crippen LogP contribution in [0.3, 0.4) is 0 Å². The van der Waals surface area contributed by atoms with Gasteiger partial charge in [-0.15, -0.1) is 5.92 Å². The lowest BCUT2D eigenvalue weighted by Gasteiger charge is -2.31. The number of para-hydroxylation sites is 1. The van der Waals surface area contributed by atoms with E-state index in [1.165, 1.54) is 4.57 Å². The third kappa shape index (κ3) is 5.58. The second-order valence-electron chi connectivity index (χ2n) is 10.5. The van der Waals surface area contributed by atoms with Gasteiger partial charge >= 0.3 is 11.7 Å². The fraction of sp³-hybridized carbons (Fsp3) is 0.448. The standard InChI is InChI=1S/C29H34N8O4/c1-5-6-14-35-25-26(33-28(35)34-13-9-10-20(30)15-34)36(17-24(38)41-18(2)3)29(40)37(27(25)39)16-23-31-19(4)21-11-7-8-12-22(21)32-23/h7-8,11-12,18,20H,9-10,13-17,30H2,1-4H3. The maximum absolute atomic E-state index is 14.1. The van der Waals surface area contributed by atoms with Crippen LogP contribution in [0, 0.1) is 18.8 Å². The lowest BCUT2D eigenvalue weighted by molar-refractivity contribution is -0.148. The number of esters is 1. The predicted octanol–water partition coefficient (Wildman–Crippen LogP) is 1.56. The molecule has 41 heavy (non-hydrogen) atoms. The summed E-state index contributed by atoms with van der Waals surface area (Å²) in [5.74, 6) is 6.07. The molecule has 0 aliphatic carbocycles. The quantitative estimate of drug-likeness (QED) is 0.264. The molecule has 4 heterocycles. The van der Waals surface area contributed by atoms with E-state index >= 15 is 0 Å². The minimum Gasteiger partial charge on any atom is -0.462 e. The van der Waals surface area contributed by atoms with Gasteiger partial charge in [0.05, 0.1) is 24.7 Å². The summed E-state index contributed by atoms with van der Waals surface area (Å²) in [5.41, 5.74) is 6.69. The lowest BCUT2D eigenvalue weighted by Crippen LogP contribution is -2.44. The van der Waals surface area contributed by atoms with Crippen molar-refractivity contribution in [3.8, 4) is 11.8 Å². The molecule has 1 fully saturated rings. The number of rotatable bonds is 7. The van der Waals surface area contributed by atoms with Crippen molar-refractivity contribution in [2.45, 2.75) is 72.3 Å². The van der Waals surface area contributed by atoms with Crippen LogP contribution in [0.15, 0.2) is 33.9 Å². The van der Waals surface area contributed by atoms with Gasteiger partial charge in [-0.25, -0.2) is 14.8 Å². The van der Waals surface area contributed by atoms with Crippen molar-refractivity contribution in [2.75, 3.05) is 18.0 Å². The highest BCUT2D eigenvalue weighted by atomic mass is 16.5. The number of imidazole rings is 1. The molecule has 1 aliphatic rings. The normalized spacial score (nSPS) is 15.4. The van der Waals surface area contributed by atoms with Crippen molar-refractivity contribution in [3.05, 3.63) is 56.6 Å². The summed E-state index contributed by atoms with van der Waals surface area (Å²) in [6.07, 6.45) is 1.37. The number of hydrogen-bond acceptors (Lipinski definition) is 9. The van der Waals surface area contributed by atoms with E-state index in [-0.39, 0.29) is 36.4 Å². The first-order chi connectivity index (χ1) is 19.7. The van der Waals surface area contributed by atoms with Crippen LogP contribution < -0.4 is 21.9 Å². The van der Waals surface area contributed by atoms with Gasteiger partial charge in [0.15, 0.2) is 11.2 Å². The third-order valence-electron chi connectivity index (χ3n) is 7.04. The molecule has 1 aromatic carbocycles. The van der Waals surface area contributed by atoms with Crippen molar-refractivity contribution in [2.24, 2.45) is 5.73 Å². The molecule has 12 heteroatoms. The van der Waals surface area contributed by atoms with Gasteiger partial charge in [0, 0.05) is 30.2 Å². The van der Waals surface area contributed by atoms with E-state index in [0.717, 1.165) is 28.5 Å². The predicted molar refractivity (Wildman–Crippen MR) is 156 cm³/mol. The van der Waals surface area contributed by atoms with E-state index < -0.39 is 23.8 Å². The van der Waals surface area contributed by atoms with Crippen LogP contribution in [0.1, 0.15) is 45.1 Å². The summed E-state index contributed by atoms with van der Waals surface area (Å²) in [6.45, 7) is 7.82. The molecule has 2 N–H and O–H groups in total. The smallest absolute Gasteiger partial charge is 0.333 e. The van der Waals surface area contributed by atoms with E-state index in [9.17, 15) is 14.4 Å². The van der Waals surface area contributed by atoms with Gasteiger partial charge < -0.3 is 15.4 Å². The highest BCUT2D eigenvalue weighted by molar-refractivity contribution is 5.80. The first kappa shape index (κ1) is 28.0. The first-order valence-corrected chi connectivity index (χ1v) is 13.7. The molecule has 0 spiro atoms. The second-order valence-corrected chi connectivity index (χ2v) is 10.5. The van der Waals surface area contributed by atoms with Crippen LogP contribution in [0.25, 0.3) is 22.1 Å². The first-order valence-electron chi connectivity index (χ1n) is 13.7. The van der Waals surface area contributed by atoms with E-state index in [1.54, 1.807) is 25.3 Å². The van der Waals surface area contributed by atoms with E-state index in [1.807, 2.05) is 36.1 Å². The average Bonchev–Trinajstić information content (AvgIpc) is 3.31. The zero-order valence-electron chi connectivity index (χ0n) is 23.8. The molecule has 0 amide bonds. The highest BCUT2D eigenvalue weighted by Crippen LogP contribution is 2.23. The van der Waals surface area contributed by atoms with Crippen LogP contribution in [-0.2, 0) is 29.2 Å². The Morgan fingerprint density at radius 1 is 1.15 bits per heavy atom. The van der Waals surface area contributed by atoms with Gasteiger partial charge in [0.1, 0.15) is 12.4 Å². The number of nitrogens with two attached hydrogens (primary N) is 1. The fourth-order valence-corrected chi connectivity index (χ4v) is 5.24. The summed E-state index contributed by atoms with van der Waals surface area (Å²) >= 11 is 0. The Kier molecular flexibility index (Phi) is 7.90. The van der Waals surface area contributed by atoms with Gasteiger partial charge in [-0.3, -0.25) is 23.3 Å². The maximum Gasteiger partial charge on any atom is 0.333 e. The molecule has 1 aliphatic heterocycles. The highest BCUT2D eigenvalue weighted by Gasteiger charge is 2.28. The van der Waals surface area contributed by atoms with Crippen molar-refractivity contribution < 1.29 is 9.53 Å². The van der Waals surface area contributed by atoms with Gasteiger partial charge in [-0.2, -0.15) is 4.98 Å². The molecule has 4 aromatic rings. The molecule has 0 saturated carbocycles. The van der Waals surface area contributed by atoms with Crippen LogP contribution in [-0.4, -0.2) is 59.9 Å². The van der Waals surface area contributed by atoms with Crippen LogP contribution in [0.5, 0.6) is 0 Å². The zero-order chi connectivity index (χ0) is 29.3. The molecular formula is C29H34N8O4. The largest absolute Gasteiger partial charge is 0.462 e. The molecule has 0 radical (unpaired) electrons. The molecule has 1 unspecified atom stereocenters.